The Morgan fingerprint density at radius 3 is 2.75 bits per heavy atom. The van der Waals surface area contributed by atoms with Crippen molar-refractivity contribution in [2.75, 3.05) is 19.0 Å². The minimum absolute atomic E-state index is 0.0591. The lowest BCUT2D eigenvalue weighted by Crippen LogP contribution is -2.31. The van der Waals surface area contributed by atoms with Crippen LogP contribution < -0.4 is 10.6 Å². The standard InChI is InChI=1S/C22H23N7O3/c1-14-11-23-22(27-18-9-10-24-29(18)2)28-19(14)17-13-32-21(26-17)20(30)25-16(12-31-3)15-7-5-4-6-8-15/h4-11,13,16H,12H2,1-3H3,(H,25,30)(H,23,27,28)/t16-/m1/s1. The third-order valence-electron chi connectivity index (χ3n) is 4.81. The summed E-state index contributed by atoms with van der Waals surface area (Å²) in [7, 11) is 3.40. The average molecular weight is 433 g/mol. The van der Waals surface area contributed by atoms with E-state index in [9.17, 15) is 4.79 Å². The van der Waals surface area contributed by atoms with Crippen molar-refractivity contribution in [1.29, 1.82) is 0 Å². The highest BCUT2D eigenvalue weighted by Crippen LogP contribution is 2.23. The second kappa shape index (κ2) is 9.40. The number of ether oxygens (including phenoxy) is 1. The number of amides is 1. The molecule has 0 aliphatic rings. The number of methoxy groups -OCH3 is 1. The lowest BCUT2D eigenvalue weighted by Gasteiger charge is -2.17. The van der Waals surface area contributed by atoms with Crippen LogP contribution in [0.5, 0.6) is 0 Å². The summed E-state index contributed by atoms with van der Waals surface area (Å²) in [6.07, 6.45) is 4.76. The van der Waals surface area contributed by atoms with E-state index in [4.69, 9.17) is 9.15 Å². The molecular formula is C22H23N7O3. The van der Waals surface area contributed by atoms with Gasteiger partial charge in [0, 0.05) is 26.4 Å². The van der Waals surface area contributed by atoms with Gasteiger partial charge in [-0.25, -0.2) is 15.0 Å². The van der Waals surface area contributed by atoms with Gasteiger partial charge in [0.1, 0.15) is 23.5 Å². The third-order valence-corrected chi connectivity index (χ3v) is 4.81. The summed E-state index contributed by atoms with van der Waals surface area (Å²) in [4.78, 5) is 26.0. The highest BCUT2D eigenvalue weighted by Gasteiger charge is 2.21. The molecule has 4 aromatic rings. The highest BCUT2D eigenvalue weighted by atomic mass is 16.5. The first-order valence-corrected chi connectivity index (χ1v) is 9.94. The summed E-state index contributed by atoms with van der Waals surface area (Å²) in [5.74, 6) is 0.621. The van der Waals surface area contributed by atoms with Gasteiger partial charge in [-0.3, -0.25) is 9.48 Å². The fraction of sp³-hybridized carbons (Fsp3) is 0.227. The second-order valence-electron chi connectivity index (χ2n) is 7.12. The van der Waals surface area contributed by atoms with Gasteiger partial charge in [-0.2, -0.15) is 5.10 Å². The minimum atomic E-state index is -0.443. The Labute approximate surface area is 184 Å². The first-order valence-electron chi connectivity index (χ1n) is 9.94. The monoisotopic (exact) mass is 433 g/mol. The maximum absolute atomic E-state index is 12.8. The number of hydrogen-bond donors (Lipinski definition) is 2. The van der Waals surface area contributed by atoms with E-state index in [0.29, 0.717) is 23.9 Å². The van der Waals surface area contributed by atoms with E-state index in [1.54, 1.807) is 24.2 Å². The quantitative estimate of drug-likeness (QED) is 0.435. The number of nitrogens with zero attached hydrogens (tertiary/aromatic N) is 5. The van der Waals surface area contributed by atoms with Crippen LogP contribution in [0.3, 0.4) is 0 Å². The second-order valence-corrected chi connectivity index (χ2v) is 7.12. The van der Waals surface area contributed by atoms with Crippen molar-refractivity contribution in [3.8, 4) is 11.4 Å². The number of oxazole rings is 1. The van der Waals surface area contributed by atoms with Gasteiger partial charge in [-0.15, -0.1) is 0 Å². The molecule has 0 radical (unpaired) electrons. The molecule has 0 aliphatic carbocycles. The highest BCUT2D eigenvalue weighted by molar-refractivity contribution is 5.90. The number of rotatable bonds is 8. The summed E-state index contributed by atoms with van der Waals surface area (Å²) < 4.78 is 12.4. The molecule has 0 spiro atoms. The first kappa shape index (κ1) is 21.2. The fourth-order valence-electron chi connectivity index (χ4n) is 3.15. The number of carbonyl (C=O) groups excluding carboxylic acids is 1. The smallest absolute Gasteiger partial charge is 0.307 e. The zero-order chi connectivity index (χ0) is 22.5. The van der Waals surface area contributed by atoms with Gasteiger partial charge in [0.05, 0.1) is 18.8 Å². The number of hydrogen-bond acceptors (Lipinski definition) is 8. The third kappa shape index (κ3) is 4.65. The lowest BCUT2D eigenvalue weighted by molar-refractivity contribution is 0.0862. The van der Waals surface area contributed by atoms with Crippen molar-refractivity contribution in [3.63, 3.8) is 0 Å². The van der Waals surface area contributed by atoms with E-state index in [1.807, 2.05) is 50.4 Å². The molecule has 0 unspecified atom stereocenters. The Kier molecular flexibility index (Phi) is 6.22. The molecule has 32 heavy (non-hydrogen) atoms. The van der Waals surface area contributed by atoms with Gasteiger partial charge in [-0.05, 0) is 18.1 Å². The van der Waals surface area contributed by atoms with Crippen LogP contribution in [0.1, 0.15) is 27.9 Å². The Morgan fingerprint density at radius 1 is 1.22 bits per heavy atom. The molecule has 1 aromatic carbocycles. The average Bonchev–Trinajstić information content (AvgIpc) is 3.45. The van der Waals surface area contributed by atoms with Crippen LogP contribution in [0.2, 0.25) is 0 Å². The van der Waals surface area contributed by atoms with Crippen LogP contribution in [0.15, 0.2) is 59.5 Å². The largest absolute Gasteiger partial charge is 0.440 e. The number of benzene rings is 1. The van der Waals surface area contributed by atoms with E-state index >= 15 is 0 Å². The van der Waals surface area contributed by atoms with Crippen molar-refractivity contribution >= 4 is 17.7 Å². The molecule has 3 aromatic heterocycles. The van der Waals surface area contributed by atoms with Gasteiger partial charge < -0.3 is 19.8 Å². The number of nitrogens with one attached hydrogen (secondary N) is 2. The molecule has 0 bridgehead atoms. The summed E-state index contributed by atoms with van der Waals surface area (Å²) in [5, 5.41) is 10.1. The predicted molar refractivity (Wildman–Crippen MR) is 117 cm³/mol. The SMILES string of the molecule is COC[C@@H](NC(=O)c1nc(-c2nc(Nc3ccnn3C)ncc2C)co1)c1ccccc1. The molecule has 0 saturated carbocycles. The molecule has 0 aliphatic heterocycles. The molecule has 0 saturated heterocycles. The Morgan fingerprint density at radius 2 is 2.03 bits per heavy atom. The first-order chi connectivity index (χ1) is 15.5. The van der Waals surface area contributed by atoms with Crippen molar-refractivity contribution in [1.82, 2.24) is 30.0 Å². The Balaban J connectivity index is 1.53. The zero-order valence-electron chi connectivity index (χ0n) is 17.9. The summed E-state index contributed by atoms with van der Waals surface area (Å²) >= 11 is 0. The van der Waals surface area contributed by atoms with Gasteiger partial charge in [0.2, 0.25) is 5.95 Å². The van der Waals surface area contributed by atoms with Crippen LogP contribution in [0.25, 0.3) is 11.4 Å². The van der Waals surface area contributed by atoms with Crippen LogP contribution in [-0.4, -0.2) is 44.4 Å². The fourth-order valence-corrected chi connectivity index (χ4v) is 3.15. The van der Waals surface area contributed by atoms with Gasteiger partial charge >= 0.3 is 5.91 Å². The molecule has 164 valence electrons. The van der Waals surface area contributed by atoms with E-state index in [2.05, 4.69) is 30.7 Å². The maximum atomic E-state index is 12.8. The molecule has 2 N–H and O–H groups in total. The number of aromatic nitrogens is 5. The van der Waals surface area contributed by atoms with Crippen LogP contribution in [-0.2, 0) is 11.8 Å². The summed E-state index contributed by atoms with van der Waals surface area (Å²) in [6.45, 7) is 2.18. The molecule has 4 rings (SSSR count). The van der Waals surface area contributed by atoms with Crippen molar-refractivity contribution in [2.24, 2.45) is 7.05 Å². The predicted octanol–water partition coefficient (Wildman–Crippen LogP) is 3.03. The lowest BCUT2D eigenvalue weighted by atomic mass is 10.1. The number of carbonyl (C=O) groups is 1. The van der Waals surface area contributed by atoms with Crippen molar-refractivity contribution in [3.05, 3.63) is 72.1 Å². The normalized spacial score (nSPS) is 11.8. The summed E-state index contributed by atoms with van der Waals surface area (Å²) in [5.41, 5.74) is 2.71. The van der Waals surface area contributed by atoms with Crippen molar-refractivity contribution < 1.29 is 13.9 Å². The minimum Gasteiger partial charge on any atom is -0.440 e. The van der Waals surface area contributed by atoms with E-state index < -0.39 is 5.91 Å². The van der Waals surface area contributed by atoms with Gasteiger partial charge in [0.25, 0.3) is 5.89 Å². The molecule has 3 heterocycles. The topological polar surface area (TPSA) is 120 Å². The van der Waals surface area contributed by atoms with Crippen LogP contribution in [0, 0.1) is 6.92 Å². The molecule has 1 atom stereocenters. The molecule has 1 amide bonds. The van der Waals surface area contributed by atoms with E-state index in [0.717, 1.165) is 16.9 Å². The van der Waals surface area contributed by atoms with Crippen LogP contribution >= 0.6 is 0 Å². The maximum Gasteiger partial charge on any atom is 0.307 e. The molecular weight excluding hydrogens is 410 g/mol. The Hall–Kier alpha value is -4.05. The van der Waals surface area contributed by atoms with E-state index in [1.165, 1.54) is 6.26 Å². The zero-order valence-corrected chi connectivity index (χ0v) is 17.9. The van der Waals surface area contributed by atoms with E-state index in [-0.39, 0.29) is 11.9 Å². The molecule has 10 nitrogen and oxygen atoms in total. The Bertz CT molecular complexity index is 1200. The van der Waals surface area contributed by atoms with Crippen LogP contribution in [0.4, 0.5) is 11.8 Å². The van der Waals surface area contributed by atoms with Gasteiger partial charge in [0.15, 0.2) is 0 Å². The van der Waals surface area contributed by atoms with Gasteiger partial charge in [-0.1, -0.05) is 30.3 Å². The number of anilines is 2. The number of aryl methyl sites for hydroxylation is 2. The van der Waals surface area contributed by atoms with Crippen molar-refractivity contribution in [2.45, 2.75) is 13.0 Å². The molecule has 10 heteroatoms. The summed E-state index contributed by atoms with van der Waals surface area (Å²) in [6, 6.07) is 11.0. The molecule has 0 fully saturated rings.